The molecule has 3 rings (SSSR count). The van der Waals surface area contributed by atoms with Crippen LogP contribution in [0.2, 0.25) is 0 Å². The molecule has 1 saturated carbocycles. The largest absolute Gasteiger partial charge is 0.396 e. The molecule has 2 heteroatoms. The Morgan fingerprint density at radius 2 is 1.91 bits per heavy atom. The first-order chi connectivity index (χ1) is 10.9. The van der Waals surface area contributed by atoms with E-state index in [0.717, 1.165) is 18.4 Å². The average Bonchev–Trinajstić information content (AvgIpc) is 2.53. The van der Waals surface area contributed by atoms with Gasteiger partial charge >= 0.3 is 0 Å². The van der Waals surface area contributed by atoms with Gasteiger partial charge in [0.05, 0.1) is 6.61 Å². The van der Waals surface area contributed by atoms with Gasteiger partial charge in [-0.15, -0.1) is 0 Å². The summed E-state index contributed by atoms with van der Waals surface area (Å²) in [5.74, 6) is 0.986. The third kappa shape index (κ3) is 2.55. The summed E-state index contributed by atoms with van der Waals surface area (Å²) in [5.41, 5.74) is 5.50. The van der Waals surface area contributed by atoms with Gasteiger partial charge in [-0.1, -0.05) is 46.2 Å². The lowest BCUT2D eigenvalue weighted by Gasteiger charge is -2.55. The van der Waals surface area contributed by atoms with Gasteiger partial charge in [0, 0.05) is 6.61 Å². The van der Waals surface area contributed by atoms with Crippen LogP contribution in [0.5, 0.6) is 0 Å². The molecule has 2 aliphatic rings. The summed E-state index contributed by atoms with van der Waals surface area (Å²) in [7, 11) is 0. The zero-order valence-corrected chi connectivity index (χ0v) is 15.2. The van der Waals surface area contributed by atoms with E-state index in [9.17, 15) is 10.2 Å². The molecule has 0 aromatic heterocycles. The molecule has 23 heavy (non-hydrogen) atoms. The van der Waals surface area contributed by atoms with Gasteiger partial charge < -0.3 is 10.2 Å². The first-order valence-corrected chi connectivity index (χ1v) is 9.23. The molecular formula is C21H32O2. The number of hydrogen-bond donors (Lipinski definition) is 2. The van der Waals surface area contributed by atoms with Crippen LogP contribution in [0.4, 0.5) is 0 Å². The molecule has 0 radical (unpaired) electrons. The van der Waals surface area contributed by atoms with Gasteiger partial charge in [0.1, 0.15) is 0 Å². The Hall–Kier alpha value is -0.860. The first kappa shape index (κ1) is 17.0. The monoisotopic (exact) mass is 316 g/mol. The van der Waals surface area contributed by atoms with E-state index < -0.39 is 0 Å². The van der Waals surface area contributed by atoms with Crippen LogP contribution in [0.25, 0.3) is 0 Å². The van der Waals surface area contributed by atoms with Gasteiger partial charge in [-0.05, 0) is 70.6 Å². The molecule has 128 valence electrons. The standard InChI is InChI=1S/C21H32O2/c1-14(2)17-10-15-6-7-19-20(3,13-23)8-5-9-21(19,4)18(15)11-16(17)12-22/h10-11,14,19,22-23H,5-9,12-13H2,1-4H3. The molecule has 1 fully saturated rings. The van der Waals surface area contributed by atoms with Crippen molar-refractivity contribution in [3.63, 3.8) is 0 Å². The molecule has 0 amide bonds. The minimum atomic E-state index is 0.0424. The summed E-state index contributed by atoms with van der Waals surface area (Å²) >= 11 is 0. The van der Waals surface area contributed by atoms with Crippen molar-refractivity contribution < 1.29 is 10.2 Å². The fraction of sp³-hybridized carbons (Fsp3) is 0.714. The minimum Gasteiger partial charge on any atom is -0.396 e. The number of aliphatic hydroxyl groups is 2. The zero-order valence-electron chi connectivity index (χ0n) is 15.2. The number of rotatable bonds is 3. The highest BCUT2D eigenvalue weighted by Gasteiger charge is 2.51. The maximum absolute atomic E-state index is 10.0. The van der Waals surface area contributed by atoms with Crippen LogP contribution in [0.15, 0.2) is 12.1 Å². The van der Waals surface area contributed by atoms with Crippen LogP contribution in [0, 0.1) is 11.3 Å². The highest BCUT2D eigenvalue weighted by Crippen LogP contribution is 2.57. The van der Waals surface area contributed by atoms with Crippen molar-refractivity contribution in [1.29, 1.82) is 0 Å². The fourth-order valence-corrected chi connectivity index (χ4v) is 5.58. The number of aliphatic hydroxyl groups excluding tert-OH is 2. The summed E-state index contributed by atoms with van der Waals surface area (Å²) in [4.78, 5) is 0. The summed E-state index contributed by atoms with van der Waals surface area (Å²) in [6.45, 7) is 9.50. The molecule has 3 unspecified atom stereocenters. The lowest BCUT2D eigenvalue weighted by molar-refractivity contribution is -0.0179. The van der Waals surface area contributed by atoms with E-state index in [4.69, 9.17) is 0 Å². The van der Waals surface area contributed by atoms with Crippen LogP contribution in [-0.2, 0) is 18.4 Å². The minimum absolute atomic E-state index is 0.0424. The van der Waals surface area contributed by atoms with Crippen LogP contribution in [0.3, 0.4) is 0 Å². The number of hydrogen-bond acceptors (Lipinski definition) is 2. The normalized spacial score (nSPS) is 33.4. The second-order valence-corrected chi connectivity index (χ2v) is 8.70. The van der Waals surface area contributed by atoms with Crippen molar-refractivity contribution in [2.75, 3.05) is 6.61 Å². The summed E-state index contributed by atoms with van der Waals surface area (Å²) < 4.78 is 0. The number of aryl methyl sites for hydroxylation is 1. The Bertz CT molecular complexity index is 592. The Labute approximate surface area is 140 Å². The quantitative estimate of drug-likeness (QED) is 0.872. The SMILES string of the molecule is CC(C)c1cc2c(cc1CO)C1(C)CCCC(C)(CO)C1CC2. The Balaban J connectivity index is 2.12. The molecule has 0 heterocycles. The zero-order chi connectivity index (χ0) is 16.8. The lowest BCUT2D eigenvalue weighted by Crippen LogP contribution is -2.50. The molecule has 0 spiro atoms. The number of fused-ring (bicyclic) bond motifs is 3. The predicted molar refractivity (Wildman–Crippen MR) is 94.7 cm³/mol. The molecule has 0 aliphatic heterocycles. The lowest BCUT2D eigenvalue weighted by atomic mass is 9.50. The fourth-order valence-electron chi connectivity index (χ4n) is 5.58. The van der Waals surface area contributed by atoms with Crippen molar-refractivity contribution in [1.82, 2.24) is 0 Å². The Kier molecular flexibility index (Phi) is 4.35. The molecule has 3 atom stereocenters. The molecule has 1 aromatic carbocycles. The van der Waals surface area contributed by atoms with E-state index in [0.29, 0.717) is 18.4 Å². The topological polar surface area (TPSA) is 40.5 Å². The van der Waals surface area contributed by atoms with E-state index in [-0.39, 0.29) is 17.4 Å². The van der Waals surface area contributed by atoms with Crippen LogP contribution in [0.1, 0.15) is 81.5 Å². The Morgan fingerprint density at radius 3 is 2.52 bits per heavy atom. The summed E-state index contributed by atoms with van der Waals surface area (Å²) in [6, 6.07) is 4.65. The molecule has 1 aromatic rings. The Morgan fingerprint density at radius 1 is 1.17 bits per heavy atom. The van der Waals surface area contributed by atoms with Gasteiger partial charge in [0.15, 0.2) is 0 Å². The van der Waals surface area contributed by atoms with Crippen LogP contribution < -0.4 is 0 Å². The molecule has 2 aliphatic carbocycles. The van der Waals surface area contributed by atoms with Crippen molar-refractivity contribution in [2.24, 2.45) is 11.3 Å². The number of benzene rings is 1. The van der Waals surface area contributed by atoms with E-state index in [1.54, 1.807) is 0 Å². The van der Waals surface area contributed by atoms with Crippen molar-refractivity contribution >= 4 is 0 Å². The van der Waals surface area contributed by atoms with Gasteiger partial charge in [0.2, 0.25) is 0 Å². The van der Waals surface area contributed by atoms with E-state index in [1.807, 2.05) is 0 Å². The summed E-state index contributed by atoms with van der Waals surface area (Å²) in [5, 5.41) is 19.9. The third-order valence-corrected chi connectivity index (χ3v) is 6.89. The maximum Gasteiger partial charge on any atom is 0.0684 e. The van der Waals surface area contributed by atoms with Gasteiger partial charge in [-0.3, -0.25) is 0 Å². The molecule has 0 saturated heterocycles. The van der Waals surface area contributed by atoms with Crippen LogP contribution in [-0.4, -0.2) is 16.8 Å². The predicted octanol–water partition coefficient (Wildman–Crippen LogP) is 4.30. The molecule has 0 bridgehead atoms. The van der Waals surface area contributed by atoms with Crippen molar-refractivity contribution in [2.45, 2.75) is 77.7 Å². The van der Waals surface area contributed by atoms with E-state index in [1.165, 1.54) is 36.0 Å². The van der Waals surface area contributed by atoms with Gasteiger partial charge in [-0.25, -0.2) is 0 Å². The van der Waals surface area contributed by atoms with Crippen LogP contribution >= 0.6 is 0 Å². The average molecular weight is 316 g/mol. The maximum atomic E-state index is 10.0. The van der Waals surface area contributed by atoms with E-state index >= 15 is 0 Å². The van der Waals surface area contributed by atoms with Gasteiger partial charge in [0.25, 0.3) is 0 Å². The van der Waals surface area contributed by atoms with Gasteiger partial charge in [-0.2, -0.15) is 0 Å². The smallest absolute Gasteiger partial charge is 0.0684 e. The third-order valence-electron chi connectivity index (χ3n) is 6.89. The second-order valence-electron chi connectivity index (χ2n) is 8.70. The summed E-state index contributed by atoms with van der Waals surface area (Å²) in [6.07, 6.45) is 5.80. The van der Waals surface area contributed by atoms with E-state index in [2.05, 4.69) is 39.8 Å². The molecule has 2 nitrogen and oxygen atoms in total. The molecule has 2 N–H and O–H groups in total. The van der Waals surface area contributed by atoms with Crippen molar-refractivity contribution in [3.05, 3.63) is 34.4 Å². The highest BCUT2D eigenvalue weighted by molar-refractivity contribution is 5.46. The first-order valence-electron chi connectivity index (χ1n) is 9.23. The second kappa shape index (κ2) is 5.89. The highest BCUT2D eigenvalue weighted by atomic mass is 16.3. The molecular weight excluding hydrogens is 284 g/mol. The van der Waals surface area contributed by atoms with Crippen molar-refractivity contribution in [3.8, 4) is 0 Å².